The molecule has 13 heavy (non-hydrogen) atoms. The molecule has 4 nitrogen and oxygen atoms in total. The summed E-state index contributed by atoms with van der Waals surface area (Å²) >= 11 is 3.00. The van der Waals surface area contributed by atoms with E-state index in [4.69, 9.17) is 4.42 Å². The number of hydrogen-bond acceptors (Lipinski definition) is 3. The van der Waals surface area contributed by atoms with Gasteiger partial charge in [-0.3, -0.25) is 10.1 Å². The molecule has 0 amide bonds. The van der Waals surface area contributed by atoms with Crippen LogP contribution in [0.5, 0.6) is 0 Å². The van der Waals surface area contributed by atoms with Gasteiger partial charge in [-0.1, -0.05) is 12.1 Å². The highest BCUT2D eigenvalue weighted by Gasteiger charge is 2.21. The summed E-state index contributed by atoms with van der Waals surface area (Å²) in [5.74, 6) is 0. The molecule has 0 saturated heterocycles. The molecule has 0 saturated carbocycles. The van der Waals surface area contributed by atoms with Gasteiger partial charge in [0.15, 0.2) is 0 Å². The Bertz CT molecular complexity index is 477. The lowest BCUT2D eigenvalue weighted by atomic mass is 10.2. The fraction of sp³-hybridized carbons (Fsp3) is 0. The second-order valence-corrected chi connectivity index (χ2v) is 3.20. The highest BCUT2D eigenvalue weighted by atomic mass is 79.9. The van der Waals surface area contributed by atoms with E-state index < -0.39 is 4.92 Å². The molecule has 0 atom stereocenters. The SMILES string of the molecule is O=[N+]([O-])c1c(Br)oc2ccccc12. The van der Waals surface area contributed by atoms with Crippen molar-refractivity contribution in [2.75, 3.05) is 0 Å². The third-order valence-electron chi connectivity index (χ3n) is 1.71. The molecule has 5 heteroatoms. The van der Waals surface area contributed by atoms with Gasteiger partial charge in [0.2, 0.25) is 4.67 Å². The minimum absolute atomic E-state index is 0.0180. The second kappa shape index (κ2) is 2.85. The lowest BCUT2D eigenvalue weighted by molar-refractivity contribution is -0.384. The minimum Gasteiger partial charge on any atom is -0.442 e. The third-order valence-corrected chi connectivity index (χ3v) is 2.25. The quantitative estimate of drug-likeness (QED) is 0.570. The van der Waals surface area contributed by atoms with Gasteiger partial charge in [-0.15, -0.1) is 0 Å². The van der Waals surface area contributed by atoms with E-state index in [1.807, 2.05) is 0 Å². The summed E-state index contributed by atoms with van der Waals surface area (Å²) in [6.45, 7) is 0. The molecule has 0 bridgehead atoms. The standard InChI is InChI=1S/C8H4BrNO3/c9-8-7(10(11)12)5-3-1-2-4-6(5)13-8/h1-4H. The van der Waals surface area contributed by atoms with Gasteiger partial charge in [-0.25, -0.2) is 0 Å². The average Bonchev–Trinajstić information content (AvgIpc) is 2.39. The topological polar surface area (TPSA) is 56.3 Å². The van der Waals surface area contributed by atoms with Crippen molar-refractivity contribution in [2.24, 2.45) is 0 Å². The van der Waals surface area contributed by atoms with Crippen molar-refractivity contribution < 1.29 is 9.34 Å². The molecule has 0 N–H and O–H groups in total. The first kappa shape index (κ1) is 8.25. The maximum absolute atomic E-state index is 10.6. The van der Waals surface area contributed by atoms with Gasteiger partial charge in [0.25, 0.3) is 0 Å². The van der Waals surface area contributed by atoms with Crippen LogP contribution in [-0.4, -0.2) is 4.92 Å². The van der Waals surface area contributed by atoms with Crippen LogP contribution in [0.1, 0.15) is 0 Å². The number of nitro groups is 1. The fourth-order valence-corrected chi connectivity index (χ4v) is 1.70. The van der Waals surface area contributed by atoms with Crippen molar-refractivity contribution in [3.63, 3.8) is 0 Å². The molecule has 0 fully saturated rings. The monoisotopic (exact) mass is 241 g/mol. The van der Waals surface area contributed by atoms with E-state index in [0.29, 0.717) is 11.0 Å². The van der Waals surface area contributed by atoms with Crippen LogP contribution < -0.4 is 0 Å². The Morgan fingerprint density at radius 3 is 2.77 bits per heavy atom. The first-order chi connectivity index (χ1) is 6.20. The van der Waals surface area contributed by atoms with E-state index in [1.54, 1.807) is 24.3 Å². The molecule has 2 aromatic rings. The van der Waals surface area contributed by atoms with Gasteiger partial charge < -0.3 is 4.42 Å². The highest BCUT2D eigenvalue weighted by Crippen LogP contribution is 2.35. The fourth-order valence-electron chi connectivity index (χ4n) is 1.17. The predicted octanol–water partition coefficient (Wildman–Crippen LogP) is 3.10. The van der Waals surface area contributed by atoms with Crippen molar-refractivity contribution in [1.82, 2.24) is 0 Å². The van der Waals surface area contributed by atoms with Crippen LogP contribution in [0.3, 0.4) is 0 Å². The largest absolute Gasteiger partial charge is 0.442 e. The zero-order valence-corrected chi connectivity index (χ0v) is 7.95. The van der Waals surface area contributed by atoms with Crippen molar-refractivity contribution >= 4 is 32.6 Å². The molecule has 1 aromatic heterocycles. The van der Waals surface area contributed by atoms with E-state index >= 15 is 0 Å². The number of para-hydroxylation sites is 1. The van der Waals surface area contributed by atoms with Crippen LogP contribution in [0.2, 0.25) is 0 Å². The molecule has 0 aliphatic rings. The second-order valence-electron chi connectivity index (χ2n) is 2.48. The first-order valence-corrected chi connectivity index (χ1v) is 4.31. The molecule has 0 spiro atoms. The van der Waals surface area contributed by atoms with Gasteiger partial charge in [-0.2, -0.15) is 0 Å². The van der Waals surface area contributed by atoms with Crippen LogP contribution in [0.25, 0.3) is 11.0 Å². The summed E-state index contributed by atoms with van der Waals surface area (Å²) in [7, 11) is 0. The molecular weight excluding hydrogens is 238 g/mol. The number of rotatable bonds is 1. The van der Waals surface area contributed by atoms with Gasteiger partial charge in [0.05, 0.1) is 10.3 Å². The number of benzene rings is 1. The first-order valence-electron chi connectivity index (χ1n) is 3.51. The lowest BCUT2D eigenvalue weighted by Crippen LogP contribution is -1.85. The van der Waals surface area contributed by atoms with E-state index in [0.717, 1.165) is 0 Å². The normalized spacial score (nSPS) is 10.5. The number of halogens is 1. The third kappa shape index (κ3) is 1.21. The van der Waals surface area contributed by atoms with Gasteiger partial charge >= 0.3 is 5.69 Å². The van der Waals surface area contributed by atoms with Crippen LogP contribution in [-0.2, 0) is 0 Å². The zero-order valence-electron chi connectivity index (χ0n) is 6.36. The maximum Gasteiger partial charge on any atom is 0.329 e. The summed E-state index contributed by atoms with van der Waals surface area (Å²) < 4.78 is 5.30. The van der Waals surface area contributed by atoms with Crippen molar-refractivity contribution in [3.05, 3.63) is 39.0 Å². The van der Waals surface area contributed by atoms with E-state index in [-0.39, 0.29) is 10.4 Å². The Balaban J connectivity index is 2.86. The van der Waals surface area contributed by atoms with E-state index in [1.165, 1.54) is 0 Å². The minimum atomic E-state index is -0.462. The molecule has 0 aliphatic carbocycles. The molecule has 1 aromatic carbocycles. The summed E-state index contributed by atoms with van der Waals surface area (Å²) in [5.41, 5.74) is 0.497. The smallest absolute Gasteiger partial charge is 0.329 e. The summed E-state index contributed by atoms with van der Waals surface area (Å²) in [5, 5.41) is 11.1. The van der Waals surface area contributed by atoms with Crippen molar-refractivity contribution in [2.45, 2.75) is 0 Å². The summed E-state index contributed by atoms with van der Waals surface area (Å²) in [6, 6.07) is 6.84. The molecular formula is C8H4BrNO3. The Labute approximate surface area is 81.4 Å². The van der Waals surface area contributed by atoms with Crippen molar-refractivity contribution in [1.29, 1.82) is 0 Å². The van der Waals surface area contributed by atoms with Crippen LogP contribution in [0, 0.1) is 10.1 Å². The number of fused-ring (bicyclic) bond motifs is 1. The predicted molar refractivity (Wildman–Crippen MR) is 50.6 cm³/mol. The molecule has 0 radical (unpaired) electrons. The zero-order chi connectivity index (χ0) is 9.42. The average molecular weight is 242 g/mol. The Kier molecular flexibility index (Phi) is 1.81. The molecule has 2 rings (SSSR count). The van der Waals surface area contributed by atoms with Crippen molar-refractivity contribution in [3.8, 4) is 0 Å². The van der Waals surface area contributed by atoms with Gasteiger partial charge in [-0.05, 0) is 28.1 Å². The highest BCUT2D eigenvalue weighted by molar-refractivity contribution is 9.10. The maximum atomic E-state index is 10.6. The van der Waals surface area contributed by atoms with E-state index in [9.17, 15) is 10.1 Å². The van der Waals surface area contributed by atoms with Crippen LogP contribution in [0.15, 0.2) is 33.4 Å². The van der Waals surface area contributed by atoms with E-state index in [2.05, 4.69) is 15.9 Å². The molecule has 0 unspecified atom stereocenters. The van der Waals surface area contributed by atoms with Crippen LogP contribution >= 0.6 is 15.9 Å². The van der Waals surface area contributed by atoms with Gasteiger partial charge in [0.1, 0.15) is 5.58 Å². The lowest BCUT2D eigenvalue weighted by Gasteiger charge is -1.85. The van der Waals surface area contributed by atoms with Gasteiger partial charge in [0, 0.05) is 0 Å². The Hall–Kier alpha value is -1.36. The number of nitrogens with zero attached hydrogens (tertiary/aromatic N) is 1. The molecule has 1 heterocycles. The molecule has 0 aliphatic heterocycles. The number of hydrogen-bond donors (Lipinski definition) is 0. The molecule has 66 valence electrons. The van der Waals surface area contributed by atoms with Crippen LogP contribution in [0.4, 0.5) is 5.69 Å². The Morgan fingerprint density at radius 1 is 1.38 bits per heavy atom. The summed E-state index contributed by atoms with van der Waals surface area (Å²) in [4.78, 5) is 10.2. The Morgan fingerprint density at radius 2 is 2.08 bits per heavy atom. The number of furan rings is 1. The summed E-state index contributed by atoms with van der Waals surface area (Å²) in [6.07, 6.45) is 0.